The van der Waals surface area contributed by atoms with Crippen LogP contribution in [0.4, 0.5) is 0 Å². The van der Waals surface area contributed by atoms with Crippen LogP contribution in [0.3, 0.4) is 0 Å². The highest BCUT2D eigenvalue weighted by Gasteiger charge is 2.09. The Morgan fingerprint density at radius 1 is 1.13 bits per heavy atom. The van der Waals surface area contributed by atoms with E-state index in [0.29, 0.717) is 31.5 Å². The number of nitrogens with zero attached hydrogens (tertiary/aromatic N) is 2. The Morgan fingerprint density at radius 2 is 1.90 bits per heavy atom. The van der Waals surface area contributed by atoms with Crippen molar-refractivity contribution in [3.8, 4) is 11.5 Å². The number of aromatic nitrogens is 1. The Bertz CT molecular complexity index is 1080. The smallest absolute Gasteiger partial charge is 0.238 e. The van der Waals surface area contributed by atoms with Gasteiger partial charge in [-0.25, -0.2) is 23.5 Å². The quantitative estimate of drug-likeness (QED) is 0.240. The summed E-state index contributed by atoms with van der Waals surface area (Å²) in [6.07, 6.45) is 1.61. The minimum atomic E-state index is -3.74. The van der Waals surface area contributed by atoms with Crippen LogP contribution in [0.2, 0.25) is 0 Å². The minimum Gasteiger partial charge on any atom is -0.444 e. The largest absolute Gasteiger partial charge is 0.444 e. The third-order valence-electron chi connectivity index (χ3n) is 4.00. The molecule has 3 rings (SSSR count). The van der Waals surface area contributed by atoms with E-state index >= 15 is 0 Å². The van der Waals surface area contributed by atoms with E-state index in [4.69, 9.17) is 9.56 Å². The molecule has 0 fully saturated rings. The first-order valence-corrected chi connectivity index (χ1v) is 10.6. The first kappa shape index (κ1) is 23.8. The molecule has 160 valence electrons. The molecule has 0 saturated heterocycles. The molecular formula is C20H24IN5O3S. The standard InChI is InChI=1S/C20H23N5O3S.HI/c1-2-22-20(23-12-15-7-6-10-18(11-15)29(21,26)27)24-13-17-14-28-19(25-17)16-8-4-3-5-9-16;/h3-11,14H,2,12-13H2,1H3,(H2,21,26,27)(H2,22,23,24);1H. The SMILES string of the molecule is CCNC(=NCc1cccc(S(N)(=O)=O)c1)NCc1coc(-c2ccccc2)n1.I. The molecule has 0 saturated carbocycles. The Labute approximate surface area is 193 Å². The van der Waals surface area contributed by atoms with Crippen LogP contribution in [0.1, 0.15) is 18.2 Å². The summed E-state index contributed by atoms with van der Waals surface area (Å²) in [6, 6.07) is 16.1. The van der Waals surface area contributed by atoms with Crippen molar-refractivity contribution in [1.82, 2.24) is 15.6 Å². The number of sulfonamides is 1. The second-order valence-electron chi connectivity index (χ2n) is 6.25. The van der Waals surface area contributed by atoms with Gasteiger partial charge >= 0.3 is 0 Å². The summed E-state index contributed by atoms with van der Waals surface area (Å²) >= 11 is 0. The maximum atomic E-state index is 11.5. The van der Waals surface area contributed by atoms with Gasteiger partial charge in [0.25, 0.3) is 0 Å². The molecule has 0 aliphatic rings. The molecule has 0 aliphatic heterocycles. The van der Waals surface area contributed by atoms with Crippen molar-refractivity contribution >= 4 is 40.0 Å². The van der Waals surface area contributed by atoms with E-state index in [1.54, 1.807) is 18.4 Å². The predicted molar refractivity (Wildman–Crippen MR) is 127 cm³/mol. The molecule has 0 amide bonds. The molecule has 8 nitrogen and oxygen atoms in total. The lowest BCUT2D eigenvalue weighted by Gasteiger charge is -2.10. The lowest BCUT2D eigenvalue weighted by atomic mass is 10.2. The molecule has 1 aromatic heterocycles. The molecule has 2 aromatic carbocycles. The molecule has 0 spiro atoms. The van der Waals surface area contributed by atoms with Crippen molar-refractivity contribution in [1.29, 1.82) is 0 Å². The monoisotopic (exact) mass is 541 g/mol. The lowest BCUT2D eigenvalue weighted by molar-refractivity contribution is 0.572. The van der Waals surface area contributed by atoms with Crippen LogP contribution in [0, 0.1) is 0 Å². The minimum absolute atomic E-state index is 0. The first-order valence-electron chi connectivity index (χ1n) is 9.09. The van der Waals surface area contributed by atoms with Crippen LogP contribution in [0.5, 0.6) is 0 Å². The van der Waals surface area contributed by atoms with Crippen LogP contribution in [-0.2, 0) is 23.1 Å². The molecule has 0 atom stereocenters. The number of nitrogens with two attached hydrogens (primary N) is 1. The van der Waals surface area contributed by atoms with Crippen molar-refractivity contribution in [2.24, 2.45) is 10.1 Å². The average Bonchev–Trinajstić information content (AvgIpc) is 3.19. The molecule has 10 heteroatoms. The van der Waals surface area contributed by atoms with Gasteiger partial charge in [-0.05, 0) is 36.8 Å². The zero-order valence-corrected chi connectivity index (χ0v) is 19.6. The van der Waals surface area contributed by atoms with Gasteiger partial charge in [-0.2, -0.15) is 0 Å². The van der Waals surface area contributed by atoms with Crippen LogP contribution in [0.25, 0.3) is 11.5 Å². The van der Waals surface area contributed by atoms with E-state index in [1.807, 2.05) is 37.3 Å². The Balaban J connectivity index is 0.00000320. The maximum absolute atomic E-state index is 11.5. The number of hydrogen-bond donors (Lipinski definition) is 3. The fraction of sp³-hybridized carbons (Fsp3) is 0.200. The van der Waals surface area contributed by atoms with Gasteiger partial charge in [0.1, 0.15) is 6.26 Å². The van der Waals surface area contributed by atoms with E-state index < -0.39 is 10.0 Å². The van der Waals surface area contributed by atoms with Gasteiger partial charge < -0.3 is 15.1 Å². The van der Waals surface area contributed by atoms with Crippen molar-refractivity contribution in [3.05, 3.63) is 72.1 Å². The van der Waals surface area contributed by atoms with Gasteiger partial charge in [0.15, 0.2) is 5.96 Å². The van der Waals surface area contributed by atoms with Gasteiger partial charge in [0.2, 0.25) is 15.9 Å². The Morgan fingerprint density at radius 3 is 2.60 bits per heavy atom. The summed E-state index contributed by atoms with van der Waals surface area (Å²) in [7, 11) is -3.74. The van der Waals surface area contributed by atoms with Crippen LogP contribution in [0.15, 0.2) is 75.2 Å². The van der Waals surface area contributed by atoms with E-state index in [-0.39, 0.29) is 28.9 Å². The highest BCUT2D eigenvalue weighted by Crippen LogP contribution is 2.17. The summed E-state index contributed by atoms with van der Waals surface area (Å²) in [6.45, 7) is 3.37. The second-order valence-corrected chi connectivity index (χ2v) is 7.81. The third kappa shape index (κ3) is 6.82. The molecule has 0 aliphatic carbocycles. The number of halogens is 1. The molecule has 1 heterocycles. The summed E-state index contributed by atoms with van der Waals surface area (Å²) < 4.78 is 28.5. The first-order chi connectivity index (χ1) is 14.0. The van der Waals surface area contributed by atoms with Gasteiger partial charge in [0, 0.05) is 12.1 Å². The summed E-state index contributed by atoms with van der Waals surface area (Å²) in [5.41, 5.74) is 2.39. The molecule has 3 aromatic rings. The summed E-state index contributed by atoms with van der Waals surface area (Å²) in [4.78, 5) is 9.03. The fourth-order valence-electron chi connectivity index (χ4n) is 2.61. The number of rotatable bonds is 7. The predicted octanol–water partition coefficient (Wildman–Crippen LogP) is 2.86. The molecule has 0 bridgehead atoms. The molecule has 0 unspecified atom stereocenters. The molecule has 4 N–H and O–H groups in total. The summed E-state index contributed by atoms with van der Waals surface area (Å²) in [5, 5.41) is 11.5. The van der Waals surface area contributed by atoms with Gasteiger partial charge in [-0.15, -0.1) is 24.0 Å². The molecule has 30 heavy (non-hydrogen) atoms. The number of primary sulfonamides is 1. The lowest BCUT2D eigenvalue weighted by Crippen LogP contribution is -2.36. The third-order valence-corrected chi connectivity index (χ3v) is 4.91. The number of aliphatic imine (C=N–C) groups is 1. The van der Waals surface area contributed by atoms with Crippen LogP contribution >= 0.6 is 24.0 Å². The number of benzene rings is 2. The normalized spacial score (nSPS) is 11.6. The number of guanidine groups is 1. The van der Waals surface area contributed by atoms with Crippen molar-refractivity contribution in [2.75, 3.05) is 6.54 Å². The van der Waals surface area contributed by atoms with Gasteiger partial charge in [-0.3, -0.25) is 0 Å². The number of nitrogens with one attached hydrogen (secondary N) is 2. The fourth-order valence-corrected chi connectivity index (χ4v) is 3.19. The van der Waals surface area contributed by atoms with Crippen molar-refractivity contribution < 1.29 is 12.8 Å². The number of oxazole rings is 1. The van der Waals surface area contributed by atoms with E-state index in [9.17, 15) is 8.42 Å². The van der Waals surface area contributed by atoms with E-state index in [2.05, 4.69) is 20.6 Å². The molecule has 0 radical (unpaired) electrons. The Hall–Kier alpha value is -2.44. The summed E-state index contributed by atoms with van der Waals surface area (Å²) in [5.74, 6) is 1.14. The van der Waals surface area contributed by atoms with Crippen molar-refractivity contribution in [2.45, 2.75) is 24.9 Å². The zero-order valence-electron chi connectivity index (χ0n) is 16.4. The number of hydrogen-bond acceptors (Lipinski definition) is 5. The van der Waals surface area contributed by atoms with Crippen LogP contribution in [-0.4, -0.2) is 25.9 Å². The highest BCUT2D eigenvalue weighted by atomic mass is 127. The Kier molecular flexibility index (Phi) is 8.81. The maximum Gasteiger partial charge on any atom is 0.238 e. The van der Waals surface area contributed by atoms with Gasteiger partial charge in [0.05, 0.1) is 23.7 Å². The highest BCUT2D eigenvalue weighted by molar-refractivity contribution is 14.0. The van der Waals surface area contributed by atoms with E-state index in [0.717, 1.165) is 16.8 Å². The van der Waals surface area contributed by atoms with Crippen molar-refractivity contribution in [3.63, 3.8) is 0 Å². The zero-order chi connectivity index (χ0) is 20.7. The van der Waals surface area contributed by atoms with Crippen LogP contribution < -0.4 is 15.8 Å². The van der Waals surface area contributed by atoms with Gasteiger partial charge in [-0.1, -0.05) is 30.3 Å². The average molecular weight is 541 g/mol. The second kappa shape index (κ2) is 11.1. The van der Waals surface area contributed by atoms with E-state index in [1.165, 1.54) is 12.1 Å². The molecular weight excluding hydrogens is 517 g/mol. The topological polar surface area (TPSA) is 123 Å².